The average molecular weight is 1750 g/mol. The fourth-order valence-electron chi connectivity index (χ4n) is 12.7. The molecule has 16 atom stereocenters. The van der Waals surface area contributed by atoms with Crippen LogP contribution in [0.3, 0.4) is 0 Å². The minimum atomic E-state index is -2.00. The minimum absolute atomic E-state index is 0.0487. The van der Waals surface area contributed by atoms with Crippen LogP contribution in [0.2, 0.25) is 0 Å². The Kier molecular flexibility index (Phi) is 46.4. The molecule has 0 bridgehead atoms. The van der Waals surface area contributed by atoms with E-state index in [1.165, 1.54) is 18.7 Å². The number of amides is 6. The molecule has 3 fully saturated rings. The van der Waals surface area contributed by atoms with Gasteiger partial charge in [-0.15, -0.1) is 0 Å². The van der Waals surface area contributed by atoms with Gasteiger partial charge in [0.2, 0.25) is 41.2 Å². The smallest absolute Gasteiger partial charge is 0.321 e. The molecule has 1 aromatic rings. The van der Waals surface area contributed by atoms with E-state index < -0.39 is 229 Å². The highest BCUT2D eigenvalue weighted by Crippen LogP contribution is 2.46. The van der Waals surface area contributed by atoms with Crippen LogP contribution in [-0.2, 0) is 168 Å². The summed E-state index contributed by atoms with van der Waals surface area (Å²) in [5.74, 6) is -10.8. The van der Waals surface area contributed by atoms with Gasteiger partial charge >= 0.3 is 62.2 Å². The Morgan fingerprint density at radius 1 is 0.488 bits per heavy atom. The second kappa shape index (κ2) is 54.1. The SMILES string of the molecule is CC(=O)NC1C(OCCOCCNC(=O)CN(CC(=O)NCCOCCOC2(NC(C)=O)COC(COC(C)=O)C(OC(C)=O)C2OC(C)=O)C(Cc2ccc(OP(OCCC#N)N(C(C)C)C(C)C)cc2)C(=O)NCCOCCOC2OC(COC(C)=O)C(OC(C)=O)C(OC(C)=O)C2NC(C)=O)OC(COC(C)=O)C(OC(C)=O)C1OC(C)=O. The van der Waals surface area contributed by atoms with Gasteiger partial charge in [-0.3, -0.25) is 76.8 Å². The molecule has 3 aliphatic heterocycles. The molecule has 0 radical (unpaired) electrons. The van der Waals surface area contributed by atoms with Crippen LogP contribution in [0, 0.1) is 11.3 Å². The molecule has 44 nitrogen and oxygen atoms in total. The number of benzene rings is 1. The molecule has 3 aliphatic rings. The van der Waals surface area contributed by atoms with Gasteiger partial charge in [0.1, 0.15) is 56.0 Å². The van der Waals surface area contributed by atoms with E-state index in [1.54, 1.807) is 24.3 Å². The standard InChI is InChI=1S/C76H116N9O35P/c1-43(2)85(44(3)4)121(111-26-17-22-77)120-58-20-18-57(19-21-58)36-59(73(100)80-25-29-102-31-34-105-75-66(82-46(6)87)71(116-55(15)96)68(113-52(12)93)62(119-75)41-108-50(10)91)84(37-63(98)78-23-27-101-30-33-104-74-65(81-45(5)86)70(115-54(14)95)67(112-51(11)92)61(118-74)40-107-49(9)90)38-64(99)79-24-28-103-32-35-110-76(83-47(7)88)42-109-60(39-106-48(8)89)69(114-53(13)94)72(76)117-56(16)97/h18-21,43-44,59-62,65-72,74-75H,17,23-42H2,1-16H3,(H,78,98)(H,79,99)(H,80,100)(H,81,86)(H,82,87)(H,83,88). The van der Waals surface area contributed by atoms with Crippen LogP contribution in [0.4, 0.5) is 0 Å². The first kappa shape index (κ1) is 104. The van der Waals surface area contributed by atoms with Gasteiger partial charge in [-0.2, -0.15) is 5.26 Å². The Labute approximate surface area is 702 Å². The van der Waals surface area contributed by atoms with Gasteiger partial charge in [0, 0.05) is 115 Å². The van der Waals surface area contributed by atoms with Crippen molar-refractivity contribution >= 4 is 97.7 Å². The van der Waals surface area contributed by atoms with E-state index in [1.807, 2.05) is 32.4 Å². The number of hydrogen-bond acceptors (Lipinski definition) is 38. The third kappa shape index (κ3) is 38.2. The zero-order valence-electron chi connectivity index (χ0n) is 71.0. The molecule has 6 amide bonds. The van der Waals surface area contributed by atoms with E-state index in [9.17, 15) is 77.2 Å². The van der Waals surface area contributed by atoms with E-state index in [0.717, 1.165) is 69.2 Å². The quantitative estimate of drug-likeness (QED) is 0.0149. The Hall–Kier alpha value is -9.49. The van der Waals surface area contributed by atoms with Crippen molar-refractivity contribution in [3.05, 3.63) is 29.8 Å². The van der Waals surface area contributed by atoms with Gasteiger partial charge in [0.15, 0.2) is 49.2 Å². The van der Waals surface area contributed by atoms with E-state index in [0.29, 0.717) is 11.3 Å². The lowest BCUT2D eigenvalue weighted by molar-refractivity contribution is -0.279. The number of nitrogens with zero attached hydrogens (tertiary/aromatic N) is 3. The largest absolute Gasteiger partial charge is 0.463 e. The Bertz CT molecular complexity index is 3610. The predicted octanol–water partition coefficient (Wildman–Crippen LogP) is -1.03. The summed E-state index contributed by atoms with van der Waals surface area (Å²) < 4.78 is 117. The third-order valence-corrected chi connectivity index (χ3v) is 19.2. The molecule has 0 aliphatic carbocycles. The highest BCUT2D eigenvalue weighted by atomic mass is 31.2. The van der Waals surface area contributed by atoms with Crippen molar-refractivity contribution in [2.24, 2.45) is 0 Å². The zero-order chi connectivity index (χ0) is 90.1. The van der Waals surface area contributed by atoms with Gasteiger partial charge in [-0.25, -0.2) is 4.67 Å². The van der Waals surface area contributed by atoms with Gasteiger partial charge < -0.3 is 126 Å². The second-order valence-electron chi connectivity index (χ2n) is 28.1. The monoisotopic (exact) mass is 1750 g/mol. The van der Waals surface area contributed by atoms with Crippen LogP contribution in [0.1, 0.15) is 123 Å². The summed E-state index contributed by atoms with van der Waals surface area (Å²) in [6.45, 7) is 15.5. The first-order valence-electron chi connectivity index (χ1n) is 38.9. The lowest BCUT2D eigenvalue weighted by Crippen LogP contribution is -2.72. The summed E-state index contributed by atoms with van der Waals surface area (Å²) in [5.41, 5.74) is -1.50. The fourth-order valence-corrected chi connectivity index (χ4v) is 14.2. The summed E-state index contributed by atoms with van der Waals surface area (Å²) in [5, 5.41) is 25.4. The second-order valence-corrected chi connectivity index (χ2v) is 29.5. The van der Waals surface area contributed by atoms with Crippen molar-refractivity contribution in [3.8, 4) is 11.8 Å². The van der Waals surface area contributed by atoms with Crippen molar-refractivity contribution in [3.63, 3.8) is 0 Å². The third-order valence-electron chi connectivity index (χ3n) is 17.1. The zero-order valence-corrected chi connectivity index (χ0v) is 71.9. The number of carbonyl (C=O) groups excluding carboxylic acids is 15. The predicted molar refractivity (Wildman–Crippen MR) is 413 cm³/mol. The highest BCUT2D eigenvalue weighted by molar-refractivity contribution is 7.45. The molecule has 121 heavy (non-hydrogen) atoms. The van der Waals surface area contributed by atoms with Gasteiger partial charge in [-0.05, 0) is 51.8 Å². The van der Waals surface area contributed by atoms with Crippen LogP contribution in [0.25, 0.3) is 0 Å². The molecule has 16 unspecified atom stereocenters. The van der Waals surface area contributed by atoms with Crippen molar-refractivity contribution in [2.45, 2.75) is 227 Å². The first-order valence-corrected chi connectivity index (χ1v) is 40.1. The van der Waals surface area contributed by atoms with E-state index in [2.05, 4.69) is 38.0 Å². The maximum atomic E-state index is 15.0. The van der Waals surface area contributed by atoms with Crippen LogP contribution in [-0.4, -0.2) is 327 Å². The first-order chi connectivity index (χ1) is 57.2. The van der Waals surface area contributed by atoms with Crippen molar-refractivity contribution in [1.82, 2.24) is 41.5 Å². The van der Waals surface area contributed by atoms with E-state index in [-0.39, 0.29) is 111 Å². The molecule has 680 valence electrons. The summed E-state index contributed by atoms with van der Waals surface area (Å²) in [7, 11) is -1.77. The highest BCUT2D eigenvalue weighted by Gasteiger charge is 2.58. The molecule has 1 aromatic carbocycles. The van der Waals surface area contributed by atoms with E-state index >= 15 is 0 Å². The Morgan fingerprint density at radius 2 is 0.901 bits per heavy atom. The number of nitrogens with one attached hydrogen (secondary N) is 6. The maximum Gasteiger partial charge on any atom is 0.321 e. The molecule has 0 aromatic heterocycles. The molecule has 0 spiro atoms. The maximum absolute atomic E-state index is 15.0. The Balaban J connectivity index is 1.66. The molecular weight excluding hydrogens is 1630 g/mol. The normalized spacial score (nSPS) is 23.0. The van der Waals surface area contributed by atoms with Crippen molar-refractivity contribution in [1.29, 1.82) is 5.26 Å². The van der Waals surface area contributed by atoms with Crippen LogP contribution >= 0.6 is 8.53 Å². The summed E-state index contributed by atoms with van der Waals surface area (Å²) >= 11 is 0. The van der Waals surface area contributed by atoms with Gasteiger partial charge in [0.05, 0.1) is 104 Å². The van der Waals surface area contributed by atoms with Crippen LogP contribution < -0.4 is 36.4 Å². The number of hydrogen-bond donors (Lipinski definition) is 6. The number of rotatable bonds is 52. The molecule has 4 rings (SSSR count). The van der Waals surface area contributed by atoms with Crippen LogP contribution in [0.5, 0.6) is 5.75 Å². The van der Waals surface area contributed by atoms with Gasteiger partial charge in [0.25, 0.3) is 0 Å². The van der Waals surface area contributed by atoms with Crippen molar-refractivity contribution in [2.75, 3.05) is 125 Å². The lowest BCUT2D eigenvalue weighted by Gasteiger charge is -2.48. The number of nitriles is 1. The lowest BCUT2D eigenvalue weighted by atomic mass is 9.93. The number of esters is 9. The Morgan fingerprint density at radius 3 is 1.31 bits per heavy atom. The topological polar surface area (TPSA) is 543 Å². The van der Waals surface area contributed by atoms with Crippen molar-refractivity contribution < 1.29 is 166 Å². The summed E-state index contributed by atoms with van der Waals surface area (Å²) in [6.07, 6.45) is -15.2. The molecule has 3 saturated heterocycles. The molecule has 3 heterocycles. The number of ether oxygens (including phenoxy) is 18. The van der Waals surface area contributed by atoms with Crippen LogP contribution in [0.15, 0.2) is 24.3 Å². The fraction of sp³-hybridized carbons (Fsp3) is 0.711. The molecule has 45 heteroatoms. The minimum Gasteiger partial charge on any atom is -0.463 e. The molecular formula is C76H116N9O35P. The average Bonchev–Trinajstić information content (AvgIpc) is 0.768. The molecule has 6 N–H and O–H groups in total. The van der Waals surface area contributed by atoms with Gasteiger partial charge in [-0.1, -0.05) is 12.1 Å². The summed E-state index contributed by atoms with van der Waals surface area (Å²) in [6, 6.07) is 4.67. The number of carbonyl (C=O) groups is 15. The molecule has 0 saturated carbocycles. The van der Waals surface area contributed by atoms with E-state index in [4.69, 9.17) is 94.3 Å². The summed E-state index contributed by atoms with van der Waals surface area (Å²) in [4.78, 5) is 193.